The predicted octanol–water partition coefficient (Wildman–Crippen LogP) is 4.75. The summed E-state index contributed by atoms with van der Waals surface area (Å²) in [6.07, 6.45) is 0.828. The Morgan fingerprint density at radius 1 is 1.14 bits per heavy atom. The van der Waals surface area contributed by atoms with E-state index in [0.717, 1.165) is 5.56 Å². The first-order valence-corrected chi connectivity index (χ1v) is 6.86. The van der Waals surface area contributed by atoms with Crippen LogP contribution in [-0.2, 0) is 4.79 Å². The highest BCUT2D eigenvalue weighted by Gasteiger charge is 2.42. The lowest BCUT2D eigenvalue weighted by atomic mass is 9.90. The number of hydrogen-bond acceptors (Lipinski definition) is 2. The van der Waals surface area contributed by atoms with E-state index in [1.54, 1.807) is 18.2 Å². The zero-order chi connectivity index (χ0) is 16.2. The van der Waals surface area contributed by atoms with E-state index in [4.69, 9.17) is 0 Å². The van der Waals surface area contributed by atoms with Crippen molar-refractivity contribution in [1.82, 2.24) is 0 Å². The minimum Gasteiger partial charge on any atom is -0.507 e. The maximum absolute atomic E-state index is 12.5. The Kier molecular flexibility index (Phi) is 4.85. The second kappa shape index (κ2) is 6.64. The van der Waals surface area contributed by atoms with E-state index < -0.39 is 23.3 Å². The number of allylic oxidation sites excluding steroid dienone is 4. The molecule has 0 saturated carbocycles. The molecule has 0 saturated heterocycles. The third kappa shape index (κ3) is 3.87. The van der Waals surface area contributed by atoms with Gasteiger partial charge in [-0.2, -0.15) is 13.2 Å². The SMILES string of the molecule is O=C(C1=C(O)/C(=C/C=C/c2ccccc2)CCC1)C(F)(F)F. The van der Waals surface area contributed by atoms with Crippen molar-refractivity contribution < 1.29 is 23.1 Å². The van der Waals surface area contributed by atoms with Crippen LogP contribution < -0.4 is 0 Å². The number of Topliss-reactive ketones (excluding diaryl/α,β-unsaturated/α-hetero) is 1. The molecule has 5 heteroatoms. The van der Waals surface area contributed by atoms with Crippen molar-refractivity contribution in [2.75, 3.05) is 0 Å². The number of aliphatic hydroxyl groups excluding tert-OH is 1. The highest BCUT2D eigenvalue weighted by atomic mass is 19.4. The summed E-state index contributed by atoms with van der Waals surface area (Å²) in [6, 6.07) is 9.37. The van der Waals surface area contributed by atoms with Gasteiger partial charge in [-0.05, 0) is 30.4 Å². The Labute approximate surface area is 126 Å². The van der Waals surface area contributed by atoms with Gasteiger partial charge in [-0.3, -0.25) is 4.79 Å². The van der Waals surface area contributed by atoms with Crippen molar-refractivity contribution in [3.63, 3.8) is 0 Å². The van der Waals surface area contributed by atoms with Crippen molar-refractivity contribution in [1.29, 1.82) is 0 Å². The fourth-order valence-electron chi connectivity index (χ4n) is 2.28. The first kappa shape index (κ1) is 16.1. The third-order valence-electron chi connectivity index (χ3n) is 3.38. The number of carbonyl (C=O) groups excluding carboxylic acids is 1. The number of carbonyl (C=O) groups is 1. The molecule has 1 aliphatic rings. The number of aliphatic hydroxyl groups is 1. The molecule has 2 nitrogen and oxygen atoms in total. The van der Waals surface area contributed by atoms with Gasteiger partial charge in [0.1, 0.15) is 5.76 Å². The van der Waals surface area contributed by atoms with Crippen LogP contribution in [-0.4, -0.2) is 17.1 Å². The summed E-state index contributed by atoms with van der Waals surface area (Å²) in [6.45, 7) is 0. The Morgan fingerprint density at radius 3 is 2.45 bits per heavy atom. The van der Waals surface area contributed by atoms with Crippen LogP contribution in [0.25, 0.3) is 6.08 Å². The molecule has 1 aromatic rings. The molecule has 1 N–H and O–H groups in total. The number of benzene rings is 1. The molecule has 0 radical (unpaired) electrons. The zero-order valence-electron chi connectivity index (χ0n) is 11.7. The lowest BCUT2D eigenvalue weighted by molar-refractivity contribution is -0.167. The first-order valence-electron chi connectivity index (χ1n) is 6.86. The highest BCUT2D eigenvalue weighted by Crippen LogP contribution is 2.33. The van der Waals surface area contributed by atoms with Gasteiger partial charge >= 0.3 is 6.18 Å². The van der Waals surface area contributed by atoms with Crippen LogP contribution in [0, 0.1) is 0 Å². The Balaban J connectivity index is 2.22. The predicted molar refractivity (Wildman–Crippen MR) is 78.1 cm³/mol. The normalized spacial score (nSPS) is 18.2. The van der Waals surface area contributed by atoms with Crippen LogP contribution in [0.2, 0.25) is 0 Å². The fourth-order valence-corrected chi connectivity index (χ4v) is 2.28. The monoisotopic (exact) mass is 308 g/mol. The van der Waals surface area contributed by atoms with Gasteiger partial charge < -0.3 is 5.11 Å². The molecule has 1 aromatic carbocycles. The van der Waals surface area contributed by atoms with Crippen molar-refractivity contribution >= 4 is 11.9 Å². The van der Waals surface area contributed by atoms with E-state index >= 15 is 0 Å². The van der Waals surface area contributed by atoms with Crippen molar-refractivity contribution in [3.8, 4) is 0 Å². The summed E-state index contributed by atoms with van der Waals surface area (Å²) in [4.78, 5) is 11.3. The van der Waals surface area contributed by atoms with Gasteiger partial charge in [-0.15, -0.1) is 0 Å². The van der Waals surface area contributed by atoms with Gasteiger partial charge in [-0.1, -0.05) is 48.6 Å². The van der Waals surface area contributed by atoms with Crippen LogP contribution in [0.3, 0.4) is 0 Å². The summed E-state index contributed by atoms with van der Waals surface area (Å²) in [5.74, 6) is -2.49. The molecule has 0 bridgehead atoms. The maximum atomic E-state index is 12.5. The molecule has 0 aliphatic heterocycles. The van der Waals surface area contributed by atoms with E-state index in [-0.39, 0.29) is 6.42 Å². The van der Waals surface area contributed by atoms with Crippen LogP contribution in [0.15, 0.2) is 59.4 Å². The Bertz CT molecular complexity index is 638. The molecular formula is C17H15F3O2. The van der Waals surface area contributed by atoms with Crippen LogP contribution in [0.1, 0.15) is 24.8 Å². The molecule has 1 aliphatic carbocycles. The second-order valence-electron chi connectivity index (χ2n) is 4.97. The quantitative estimate of drug-likeness (QED) is 0.874. The Morgan fingerprint density at radius 2 is 1.82 bits per heavy atom. The summed E-state index contributed by atoms with van der Waals surface area (Å²) < 4.78 is 37.4. The standard InChI is InChI=1S/C17H15F3O2/c18-17(19,20)16(22)14-11-5-10-13(15(14)21)9-4-8-12-6-2-1-3-7-12/h1-4,6-9,21H,5,10-11H2/b8-4+,13-9+. The minimum atomic E-state index is -4.95. The molecule has 116 valence electrons. The molecule has 0 heterocycles. The van der Waals surface area contributed by atoms with Gasteiger partial charge in [0.2, 0.25) is 0 Å². The smallest absolute Gasteiger partial charge is 0.454 e. The molecule has 0 unspecified atom stereocenters. The fraction of sp³-hybridized carbons (Fsp3) is 0.235. The number of halogens is 3. The zero-order valence-corrected chi connectivity index (χ0v) is 11.7. The van der Waals surface area contributed by atoms with Gasteiger partial charge in [0.25, 0.3) is 5.78 Å². The summed E-state index contributed by atoms with van der Waals surface area (Å²) in [7, 11) is 0. The summed E-state index contributed by atoms with van der Waals surface area (Å²) >= 11 is 0. The third-order valence-corrected chi connectivity index (χ3v) is 3.38. The maximum Gasteiger partial charge on any atom is 0.454 e. The van der Waals surface area contributed by atoms with Crippen LogP contribution in [0.5, 0.6) is 0 Å². The van der Waals surface area contributed by atoms with E-state index in [9.17, 15) is 23.1 Å². The van der Waals surface area contributed by atoms with E-state index in [2.05, 4.69) is 0 Å². The molecule has 0 atom stereocenters. The van der Waals surface area contributed by atoms with E-state index in [0.29, 0.717) is 18.4 Å². The summed E-state index contributed by atoms with van der Waals surface area (Å²) in [5.41, 5.74) is 0.745. The molecule has 2 rings (SSSR count). The van der Waals surface area contributed by atoms with Gasteiger partial charge in [0, 0.05) is 5.57 Å². The molecular weight excluding hydrogens is 293 g/mol. The van der Waals surface area contributed by atoms with Crippen molar-refractivity contribution in [2.45, 2.75) is 25.4 Å². The van der Waals surface area contributed by atoms with Gasteiger partial charge in [-0.25, -0.2) is 0 Å². The molecule has 0 aromatic heterocycles. The summed E-state index contributed by atoms with van der Waals surface area (Å²) in [5, 5.41) is 9.92. The first-order chi connectivity index (χ1) is 10.4. The van der Waals surface area contributed by atoms with Crippen molar-refractivity contribution in [3.05, 3.63) is 65.0 Å². The van der Waals surface area contributed by atoms with Gasteiger partial charge in [0.15, 0.2) is 0 Å². The van der Waals surface area contributed by atoms with Crippen LogP contribution in [0.4, 0.5) is 13.2 Å². The number of rotatable bonds is 3. The molecule has 0 amide bonds. The largest absolute Gasteiger partial charge is 0.507 e. The lowest BCUT2D eigenvalue weighted by Gasteiger charge is -2.18. The average molecular weight is 308 g/mol. The number of ketones is 1. The molecule has 0 fully saturated rings. The number of hydrogen-bond donors (Lipinski definition) is 1. The topological polar surface area (TPSA) is 37.3 Å². The lowest BCUT2D eigenvalue weighted by Crippen LogP contribution is -2.27. The Hall–Kier alpha value is -2.30. The molecule has 0 spiro atoms. The minimum absolute atomic E-state index is 0.0517. The van der Waals surface area contributed by atoms with E-state index in [1.807, 2.05) is 30.3 Å². The van der Waals surface area contributed by atoms with Crippen LogP contribution >= 0.6 is 0 Å². The highest BCUT2D eigenvalue weighted by molar-refractivity contribution is 6.00. The van der Waals surface area contributed by atoms with Gasteiger partial charge in [0.05, 0.1) is 0 Å². The number of alkyl halides is 3. The van der Waals surface area contributed by atoms with Crippen molar-refractivity contribution in [2.24, 2.45) is 0 Å². The van der Waals surface area contributed by atoms with E-state index in [1.165, 1.54) is 0 Å². The molecule has 22 heavy (non-hydrogen) atoms. The average Bonchev–Trinajstić information content (AvgIpc) is 2.48. The second-order valence-corrected chi connectivity index (χ2v) is 4.97.